The van der Waals surface area contributed by atoms with Gasteiger partial charge < -0.3 is 33.8 Å². The van der Waals surface area contributed by atoms with Gasteiger partial charge in [-0.15, -0.1) is 0 Å². The second-order valence-corrected chi connectivity index (χ2v) is 29.5. The van der Waals surface area contributed by atoms with Crippen molar-refractivity contribution < 1.29 is 80.2 Å². The molecule has 0 bridgehead atoms. The van der Waals surface area contributed by atoms with Crippen molar-refractivity contribution in [2.45, 2.75) is 316 Å². The summed E-state index contributed by atoms with van der Waals surface area (Å²) in [6.07, 6.45) is 96.1. The van der Waals surface area contributed by atoms with Gasteiger partial charge in [0.25, 0.3) is 0 Å². The molecule has 5 atom stereocenters. The third kappa shape index (κ3) is 78.3. The molecule has 0 fully saturated rings. The van der Waals surface area contributed by atoms with Gasteiger partial charge >= 0.3 is 39.5 Å². The highest BCUT2D eigenvalue weighted by Gasteiger charge is 2.30. The monoisotopic (exact) mass is 1550 g/mol. The van der Waals surface area contributed by atoms with Crippen LogP contribution in [0.15, 0.2) is 182 Å². The Morgan fingerprint density at radius 2 is 0.500 bits per heavy atom. The third-order valence-electron chi connectivity index (χ3n) is 16.4. The summed E-state index contributed by atoms with van der Waals surface area (Å²) >= 11 is 0. The molecule has 17 nitrogen and oxygen atoms in total. The van der Waals surface area contributed by atoms with Crippen molar-refractivity contribution in [2.75, 3.05) is 39.6 Å². The maximum atomic E-state index is 13.1. The first-order valence-electron chi connectivity index (χ1n) is 41.0. The van der Waals surface area contributed by atoms with E-state index in [9.17, 15) is 43.2 Å². The van der Waals surface area contributed by atoms with Gasteiger partial charge in [0.05, 0.1) is 26.4 Å². The molecule has 0 aliphatic carbocycles. The Morgan fingerprint density at radius 3 is 0.806 bits per heavy atom. The van der Waals surface area contributed by atoms with Crippen molar-refractivity contribution in [2.24, 2.45) is 0 Å². The molecule has 0 aromatic carbocycles. The van der Waals surface area contributed by atoms with E-state index in [1.165, 1.54) is 57.8 Å². The number of aliphatic hydroxyl groups is 1. The largest absolute Gasteiger partial charge is 0.472 e. The number of carbonyl (C=O) groups excluding carboxylic acids is 4. The topological polar surface area (TPSA) is 237 Å². The van der Waals surface area contributed by atoms with Gasteiger partial charge in [0, 0.05) is 25.7 Å². The zero-order valence-corrected chi connectivity index (χ0v) is 68.7. The Bertz CT molecular complexity index is 2760. The molecule has 0 amide bonds. The molecule has 612 valence electrons. The molecular formula is C89H144O17P2. The fourth-order valence-corrected chi connectivity index (χ4v) is 11.8. The van der Waals surface area contributed by atoms with Crippen LogP contribution < -0.4 is 0 Å². The number of carbonyl (C=O) groups is 4. The molecule has 0 saturated carbocycles. The summed E-state index contributed by atoms with van der Waals surface area (Å²) in [7, 11) is -10.0. The maximum absolute atomic E-state index is 13.1. The number of phosphoric acid groups is 2. The lowest BCUT2D eigenvalue weighted by molar-refractivity contribution is -0.161. The smallest absolute Gasteiger partial charge is 0.462 e. The Hall–Kier alpha value is -5.84. The minimum absolute atomic E-state index is 0.0254. The molecule has 5 unspecified atom stereocenters. The summed E-state index contributed by atoms with van der Waals surface area (Å²) in [6.45, 7) is 4.41. The van der Waals surface area contributed by atoms with Gasteiger partial charge in [-0.3, -0.25) is 37.3 Å². The normalized spacial score (nSPS) is 14.8. The Morgan fingerprint density at radius 1 is 0.269 bits per heavy atom. The molecule has 0 aliphatic rings. The average molecular weight is 1550 g/mol. The maximum Gasteiger partial charge on any atom is 0.472 e. The number of unbranched alkanes of at least 4 members (excludes halogenated alkanes) is 19. The van der Waals surface area contributed by atoms with E-state index < -0.39 is 97.5 Å². The molecule has 0 aliphatic heterocycles. The quantitative estimate of drug-likeness (QED) is 0.0169. The van der Waals surface area contributed by atoms with Crippen LogP contribution in [0.4, 0.5) is 0 Å². The van der Waals surface area contributed by atoms with Crippen LogP contribution >= 0.6 is 15.6 Å². The highest BCUT2D eigenvalue weighted by atomic mass is 31.2. The van der Waals surface area contributed by atoms with E-state index in [1.54, 1.807) is 0 Å². The van der Waals surface area contributed by atoms with Crippen molar-refractivity contribution in [3.05, 3.63) is 182 Å². The summed E-state index contributed by atoms with van der Waals surface area (Å²) < 4.78 is 68.5. The van der Waals surface area contributed by atoms with Gasteiger partial charge in [0.1, 0.15) is 19.3 Å². The minimum Gasteiger partial charge on any atom is -0.462 e. The molecule has 0 radical (unpaired) electrons. The van der Waals surface area contributed by atoms with Crippen molar-refractivity contribution in [3.8, 4) is 0 Å². The van der Waals surface area contributed by atoms with E-state index in [2.05, 4.69) is 174 Å². The molecular weight excluding hydrogens is 1400 g/mol. The summed E-state index contributed by atoms with van der Waals surface area (Å²) in [5.74, 6) is -2.41. The second kappa shape index (κ2) is 79.3. The van der Waals surface area contributed by atoms with Crippen molar-refractivity contribution in [1.29, 1.82) is 0 Å². The molecule has 19 heteroatoms. The van der Waals surface area contributed by atoms with Crippen LogP contribution in [0.25, 0.3) is 0 Å². The van der Waals surface area contributed by atoms with E-state index in [0.717, 1.165) is 148 Å². The first-order chi connectivity index (χ1) is 52.7. The minimum atomic E-state index is -5.01. The summed E-state index contributed by atoms with van der Waals surface area (Å²) in [5, 5.41) is 10.7. The molecule has 0 heterocycles. The standard InChI is InChI=1S/C89H144O17P2/c1-5-9-13-17-21-25-29-33-37-39-41-43-47-49-53-57-61-65-69-73-86(91)99-79-84(105-88(93)75-71-67-63-59-55-51-45-35-31-27-23-19-15-11-7-3)81-103-107(95,96)101-77-83(90)78-102-108(97,98)104-82-85(106-89(94)76-72-68-64-60-56-52-46-36-32-28-24-20-16-12-8-4)80-100-87(92)74-70-66-62-58-54-50-48-44-42-40-38-34-30-26-22-18-14-10-6-2/h9-10,13-14,21-23,25-27,33-38,41-46,49-50,53-54,61-62,65-66,83-85,90H,5-8,11-12,15-20,24,28-32,39-40,47-48,51-52,55-60,63-64,67-82H2,1-4H3,(H,95,96)(H,97,98)/b13-9-,14-10-,25-21-,26-22-,27-23-,37-33-,38-34-,43-41-,44-42-,45-35-,46-36-,53-49-,54-50-,65-61-,66-62-. The zero-order chi connectivity index (χ0) is 78.9. The van der Waals surface area contributed by atoms with Crippen LogP contribution in [0.2, 0.25) is 0 Å². The zero-order valence-electron chi connectivity index (χ0n) is 66.9. The number of hydrogen-bond donors (Lipinski definition) is 3. The predicted octanol–water partition coefficient (Wildman–Crippen LogP) is 24.3. The first-order valence-corrected chi connectivity index (χ1v) is 44.0. The number of aliphatic hydroxyl groups excluding tert-OH is 1. The lowest BCUT2D eigenvalue weighted by atomic mass is 10.1. The Kier molecular flexibility index (Phi) is 75.0. The Balaban J connectivity index is 5.52. The molecule has 3 N–H and O–H groups in total. The van der Waals surface area contributed by atoms with E-state index in [4.69, 9.17) is 37.0 Å². The van der Waals surface area contributed by atoms with Crippen LogP contribution in [0.3, 0.4) is 0 Å². The van der Waals surface area contributed by atoms with Gasteiger partial charge in [-0.05, 0) is 161 Å². The number of ether oxygens (including phenoxy) is 4. The van der Waals surface area contributed by atoms with Crippen molar-refractivity contribution in [3.63, 3.8) is 0 Å². The third-order valence-corrected chi connectivity index (χ3v) is 18.3. The molecule has 0 rings (SSSR count). The fourth-order valence-electron chi connectivity index (χ4n) is 10.2. The van der Waals surface area contributed by atoms with Gasteiger partial charge in [-0.25, -0.2) is 9.13 Å². The molecule has 0 aromatic rings. The van der Waals surface area contributed by atoms with E-state index in [-0.39, 0.29) is 25.7 Å². The number of allylic oxidation sites excluding steroid dienone is 30. The number of phosphoric ester groups is 2. The van der Waals surface area contributed by atoms with Crippen LogP contribution in [-0.4, -0.2) is 96.7 Å². The lowest BCUT2D eigenvalue weighted by Crippen LogP contribution is -2.30. The summed E-state index contributed by atoms with van der Waals surface area (Å²) in [4.78, 5) is 73.1. The van der Waals surface area contributed by atoms with E-state index >= 15 is 0 Å². The fraction of sp³-hybridized carbons (Fsp3) is 0.618. The van der Waals surface area contributed by atoms with E-state index in [0.29, 0.717) is 38.5 Å². The molecule has 0 spiro atoms. The van der Waals surface area contributed by atoms with Crippen LogP contribution in [-0.2, 0) is 65.4 Å². The lowest BCUT2D eigenvalue weighted by Gasteiger charge is -2.21. The summed E-state index contributed by atoms with van der Waals surface area (Å²) in [6, 6.07) is 0. The first kappa shape index (κ1) is 102. The van der Waals surface area contributed by atoms with Gasteiger partial charge in [-0.2, -0.15) is 0 Å². The SMILES string of the molecule is CC/C=C\C/C=C\C/C=C\C/C=C\C/C=C\C/C=C\CCC(=O)OCC(COP(=O)(O)OCC(O)COP(=O)(O)OCC(COC(=O)CC/C=C\C/C=C\C/C=C\C/C=C\C/C=C\C/C=C\CC)OC(=O)CCCCCCC/C=C\CCCCCCCC)OC(=O)CCCCCCC/C=C\C/C=C\CCCCC. The predicted molar refractivity (Wildman–Crippen MR) is 445 cm³/mol. The molecule has 0 aromatic heterocycles. The van der Waals surface area contributed by atoms with E-state index in [1.807, 2.05) is 36.5 Å². The van der Waals surface area contributed by atoms with Crippen molar-refractivity contribution in [1.82, 2.24) is 0 Å². The Labute approximate surface area is 654 Å². The van der Waals surface area contributed by atoms with Crippen LogP contribution in [0.1, 0.15) is 297 Å². The van der Waals surface area contributed by atoms with Gasteiger partial charge in [-0.1, -0.05) is 293 Å². The second-order valence-electron chi connectivity index (χ2n) is 26.6. The number of esters is 4. The van der Waals surface area contributed by atoms with Crippen molar-refractivity contribution >= 4 is 39.5 Å². The van der Waals surface area contributed by atoms with Gasteiger partial charge in [0.15, 0.2) is 12.2 Å². The number of rotatable bonds is 75. The molecule has 0 saturated heterocycles. The summed E-state index contributed by atoms with van der Waals surface area (Å²) in [5.41, 5.74) is 0. The molecule has 108 heavy (non-hydrogen) atoms. The van der Waals surface area contributed by atoms with Crippen LogP contribution in [0, 0.1) is 0 Å². The highest BCUT2D eigenvalue weighted by Crippen LogP contribution is 2.45. The highest BCUT2D eigenvalue weighted by molar-refractivity contribution is 7.47. The van der Waals surface area contributed by atoms with Crippen LogP contribution in [0.5, 0.6) is 0 Å². The number of hydrogen-bond acceptors (Lipinski definition) is 15. The average Bonchev–Trinajstić information content (AvgIpc) is 0.923. The van der Waals surface area contributed by atoms with Gasteiger partial charge in [0.2, 0.25) is 0 Å².